The maximum atomic E-state index is 4.50. The summed E-state index contributed by atoms with van der Waals surface area (Å²) in [6, 6.07) is 8.34. The van der Waals surface area contributed by atoms with Gasteiger partial charge in [-0.05, 0) is 24.1 Å². The molecule has 3 heterocycles. The van der Waals surface area contributed by atoms with Crippen molar-refractivity contribution in [3.05, 3.63) is 52.1 Å². The van der Waals surface area contributed by atoms with Crippen molar-refractivity contribution in [2.75, 3.05) is 11.4 Å². The maximum Gasteiger partial charge on any atom is 0.233 e. The molecule has 0 aliphatic carbocycles. The molecule has 1 aromatic carbocycles. The predicted octanol–water partition coefficient (Wildman–Crippen LogP) is 4.04. The Morgan fingerprint density at radius 1 is 1.24 bits per heavy atom. The van der Waals surface area contributed by atoms with E-state index in [0.29, 0.717) is 0 Å². The van der Waals surface area contributed by atoms with Crippen molar-refractivity contribution in [2.24, 2.45) is 0 Å². The zero-order valence-corrected chi connectivity index (χ0v) is 15.8. The predicted molar refractivity (Wildman–Crippen MR) is 101 cm³/mol. The van der Waals surface area contributed by atoms with Gasteiger partial charge in [0.1, 0.15) is 5.82 Å². The van der Waals surface area contributed by atoms with Crippen LogP contribution in [0.3, 0.4) is 0 Å². The van der Waals surface area contributed by atoms with Crippen molar-refractivity contribution in [3.63, 3.8) is 0 Å². The summed E-state index contributed by atoms with van der Waals surface area (Å²) in [7, 11) is 0. The molecule has 1 aliphatic rings. The summed E-state index contributed by atoms with van der Waals surface area (Å²) in [4.78, 5) is 9.97. The molecular formula is C18H21BrN6. The number of nitrogens with zero attached hydrogens (tertiary/aromatic N) is 5. The highest BCUT2D eigenvalue weighted by atomic mass is 79.9. The van der Waals surface area contributed by atoms with Crippen molar-refractivity contribution < 1.29 is 0 Å². The second-order valence-electron chi connectivity index (χ2n) is 6.37. The average molecular weight is 401 g/mol. The standard InChI is InChI=1S/C18H21BrN6/c1-2-3-4-8-24-17-15(20-12-21-17)11-25-16(22-23-18(24)25)10-13-6-5-7-14(19)9-13/h5-7,9,12H,2-4,8,10-11H2,1H3,(H,20,21). The van der Waals surface area contributed by atoms with E-state index in [0.717, 1.165) is 53.7 Å². The number of hydrogen-bond donors (Lipinski definition) is 1. The smallest absolute Gasteiger partial charge is 0.233 e. The summed E-state index contributed by atoms with van der Waals surface area (Å²) >= 11 is 3.54. The molecule has 0 spiro atoms. The van der Waals surface area contributed by atoms with E-state index in [1.807, 2.05) is 6.07 Å². The first-order valence-corrected chi connectivity index (χ1v) is 9.52. The fourth-order valence-electron chi connectivity index (χ4n) is 3.29. The zero-order valence-electron chi connectivity index (χ0n) is 14.2. The number of fused-ring (bicyclic) bond motifs is 2. The number of halogens is 1. The largest absolute Gasteiger partial charge is 0.345 e. The molecule has 130 valence electrons. The summed E-state index contributed by atoms with van der Waals surface area (Å²) in [6.45, 7) is 3.88. The number of aromatic amines is 1. The molecule has 0 unspecified atom stereocenters. The lowest BCUT2D eigenvalue weighted by Gasteiger charge is -2.27. The molecule has 1 N–H and O–H groups in total. The van der Waals surface area contributed by atoms with Crippen LogP contribution in [0, 0.1) is 0 Å². The highest BCUT2D eigenvalue weighted by molar-refractivity contribution is 9.10. The highest BCUT2D eigenvalue weighted by Gasteiger charge is 2.28. The van der Waals surface area contributed by atoms with Gasteiger partial charge in [-0.2, -0.15) is 0 Å². The average Bonchev–Trinajstić information content (AvgIpc) is 3.22. The Kier molecular flexibility index (Phi) is 4.57. The molecule has 3 aromatic rings. The first kappa shape index (κ1) is 16.3. The molecule has 1 aliphatic heterocycles. The van der Waals surface area contributed by atoms with Crippen LogP contribution < -0.4 is 4.90 Å². The van der Waals surface area contributed by atoms with Gasteiger partial charge < -0.3 is 4.98 Å². The lowest BCUT2D eigenvalue weighted by molar-refractivity contribution is 0.654. The van der Waals surface area contributed by atoms with Crippen LogP contribution in [0.15, 0.2) is 35.1 Å². The number of rotatable bonds is 6. The molecule has 0 bridgehead atoms. The van der Waals surface area contributed by atoms with Gasteiger partial charge >= 0.3 is 0 Å². The first-order valence-electron chi connectivity index (χ1n) is 8.72. The summed E-state index contributed by atoms with van der Waals surface area (Å²) in [5, 5.41) is 8.97. The molecular weight excluding hydrogens is 380 g/mol. The van der Waals surface area contributed by atoms with Crippen LogP contribution >= 0.6 is 15.9 Å². The zero-order chi connectivity index (χ0) is 17.2. The molecule has 0 saturated heterocycles. The summed E-state index contributed by atoms with van der Waals surface area (Å²) < 4.78 is 3.29. The van der Waals surface area contributed by atoms with Crippen LogP contribution in [0.5, 0.6) is 0 Å². The Labute approximate surface area is 155 Å². The van der Waals surface area contributed by atoms with E-state index >= 15 is 0 Å². The van der Waals surface area contributed by atoms with Gasteiger partial charge in [-0.15, -0.1) is 10.2 Å². The molecule has 0 amide bonds. The number of benzene rings is 1. The van der Waals surface area contributed by atoms with Gasteiger partial charge in [0.2, 0.25) is 5.95 Å². The van der Waals surface area contributed by atoms with E-state index in [9.17, 15) is 0 Å². The number of imidazole rings is 1. The second-order valence-corrected chi connectivity index (χ2v) is 7.29. The van der Waals surface area contributed by atoms with Crippen molar-refractivity contribution in [3.8, 4) is 0 Å². The fraction of sp³-hybridized carbons (Fsp3) is 0.389. The van der Waals surface area contributed by atoms with Crippen LogP contribution in [-0.2, 0) is 13.0 Å². The van der Waals surface area contributed by atoms with E-state index in [1.165, 1.54) is 18.4 Å². The quantitative estimate of drug-likeness (QED) is 0.634. The lowest BCUT2D eigenvalue weighted by atomic mass is 10.1. The van der Waals surface area contributed by atoms with E-state index in [-0.39, 0.29) is 0 Å². The van der Waals surface area contributed by atoms with E-state index < -0.39 is 0 Å². The van der Waals surface area contributed by atoms with Gasteiger partial charge in [0.05, 0.1) is 18.6 Å². The topological polar surface area (TPSA) is 62.6 Å². The monoisotopic (exact) mass is 400 g/mol. The third-order valence-electron chi connectivity index (χ3n) is 4.55. The van der Waals surface area contributed by atoms with Crippen LogP contribution in [0.25, 0.3) is 0 Å². The fourth-order valence-corrected chi connectivity index (χ4v) is 3.74. The van der Waals surface area contributed by atoms with E-state index in [2.05, 4.69) is 70.7 Å². The minimum absolute atomic E-state index is 0.741. The molecule has 0 atom stereocenters. The number of anilines is 2. The highest BCUT2D eigenvalue weighted by Crippen LogP contribution is 2.32. The van der Waals surface area contributed by atoms with Gasteiger partial charge in [-0.3, -0.25) is 9.47 Å². The number of hydrogen-bond acceptors (Lipinski definition) is 4. The Hall–Kier alpha value is -2.15. The Bertz CT molecular complexity index is 868. The minimum Gasteiger partial charge on any atom is -0.345 e. The molecule has 7 heteroatoms. The first-order chi connectivity index (χ1) is 12.3. The third-order valence-corrected chi connectivity index (χ3v) is 5.05. The number of unbranched alkanes of at least 4 members (excludes halogenated alkanes) is 2. The van der Waals surface area contributed by atoms with Crippen molar-refractivity contribution >= 4 is 27.7 Å². The minimum atomic E-state index is 0.741. The van der Waals surface area contributed by atoms with Crippen LogP contribution in [-0.4, -0.2) is 31.3 Å². The van der Waals surface area contributed by atoms with Gasteiger partial charge in [0.15, 0.2) is 5.82 Å². The maximum absolute atomic E-state index is 4.50. The third kappa shape index (κ3) is 3.20. The summed E-state index contributed by atoms with van der Waals surface area (Å²) in [6.07, 6.45) is 6.05. The van der Waals surface area contributed by atoms with Gasteiger partial charge in [0, 0.05) is 17.4 Å². The van der Waals surface area contributed by atoms with Crippen LogP contribution in [0.2, 0.25) is 0 Å². The van der Waals surface area contributed by atoms with Gasteiger partial charge in [0.25, 0.3) is 0 Å². The molecule has 4 rings (SSSR count). The summed E-state index contributed by atoms with van der Waals surface area (Å²) in [5.41, 5.74) is 2.34. The molecule has 0 radical (unpaired) electrons. The Morgan fingerprint density at radius 3 is 3.00 bits per heavy atom. The molecule has 0 saturated carbocycles. The SMILES string of the molecule is CCCCCN1c2nc[nH]c2Cn2c(Cc3cccc(Br)c3)nnc21. The normalized spacial score (nSPS) is 13.0. The van der Waals surface area contributed by atoms with Gasteiger partial charge in [-0.1, -0.05) is 47.8 Å². The molecule has 25 heavy (non-hydrogen) atoms. The number of H-pyrrole nitrogens is 1. The molecule has 0 fully saturated rings. The molecule has 6 nitrogen and oxygen atoms in total. The van der Waals surface area contributed by atoms with Crippen LogP contribution in [0.4, 0.5) is 11.8 Å². The Morgan fingerprint density at radius 2 is 2.16 bits per heavy atom. The van der Waals surface area contributed by atoms with E-state index in [4.69, 9.17) is 0 Å². The number of aromatic nitrogens is 5. The van der Waals surface area contributed by atoms with Crippen molar-refractivity contribution in [2.45, 2.75) is 39.2 Å². The van der Waals surface area contributed by atoms with Gasteiger partial charge in [-0.25, -0.2) is 4.98 Å². The molecule has 2 aromatic heterocycles. The summed E-state index contributed by atoms with van der Waals surface area (Å²) in [5.74, 6) is 2.87. The van der Waals surface area contributed by atoms with Crippen molar-refractivity contribution in [1.29, 1.82) is 0 Å². The van der Waals surface area contributed by atoms with Crippen LogP contribution in [0.1, 0.15) is 43.3 Å². The van der Waals surface area contributed by atoms with E-state index in [1.54, 1.807) is 6.33 Å². The lowest BCUT2D eigenvalue weighted by Crippen LogP contribution is -2.28. The van der Waals surface area contributed by atoms with Crippen molar-refractivity contribution in [1.82, 2.24) is 24.7 Å². The Balaban J connectivity index is 1.64. The number of nitrogens with one attached hydrogen (secondary N) is 1. The second kappa shape index (κ2) is 7.00.